The Hall–Kier alpha value is -0.650. The van der Waals surface area contributed by atoms with Crippen LogP contribution in [-0.2, 0) is 14.3 Å². The maximum atomic E-state index is 10.5. The predicted molar refractivity (Wildman–Crippen MR) is 66.6 cm³/mol. The van der Waals surface area contributed by atoms with E-state index >= 15 is 0 Å². The number of hydrogen-bond donors (Lipinski definition) is 1. The Morgan fingerprint density at radius 3 is 2.61 bits per heavy atom. The van der Waals surface area contributed by atoms with Crippen molar-refractivity contribution in [1.82, 2.24) is 4.90 Å². The van der Waals surface area contributed by atoms with E-state index in [2.05, 4.69) is 18.7 Å². The van der Waals surface area contributed by atoms with Gasteiger partial charge in [-0.2, -0.15) is 0 Å². The number of carboxylic acid groups (broad SMARTS) is 1. The first-order chi connectivity index (χ1) is 8.28. The third kappa shape index (κ3) is 3.43. The Labute approximate surface area is 108 Å². The Morgan fingerprint density at radius 2 is 2.11 bits per heavy atom. The Morgan fingerprint density at radius 1 is 1.44 bits per heavy atom. The third-order valence-corrected chi connectivity index (χ3v) is 3.68. The van der Waals surface area contributed by atoms with E-state index in [1.807, 2.05) is 6.92 Å². The number of carboxylic acids is 1. The highest BCUT2D eigenvalue weighted by atomic mass is 16.5. The van der Waals surface area contributed by atoms with Crippen LogP contribution in [0.2, 0.25) is 0 Å². The molecule has 104 valence electrons. The molecule has 18 heavy (non-hydrogen) atoms. The summed E-state index contributed by atoms with van der Waals surface area (Å²) in [5.41, 5.74) is -0.287. The van der Waals surface area contributed by atoms with Crippen molar-refractivity contribution in [2.24, 2.45) is 0 Å². The van der Waals surface area contributed by atoms with Gasteiger partial charge in [-0.25, -0.2) is 4.79 Å². The average Bonchev–Trinajstić information content (AvgIpc) is 2.53. The highest BCUT2D eigenvalue weighted by Crippen LogP contribution is 2.32. The molecule has 0 aromatic heterocycles. The molecule has 0 aliphatic carbocycles. The second kappa shape index (κ2) is 4.79. The summed E-state index contributed by atoms with van der Waals surface area (Å²) in [7, 11) is 0. The van der Waals surface area contributed by atoms with Gasteiger partial charge in [0.05, 0.1) is 17.3 Å². The molecule has 0 radical (unpaired) electrons. The van der Waals surface area contributed by atoms with Gasteiger partial charge in [0.25, 0.3) is 0 Å². The molecule has 1 unspecified atom stereocenters. The molecule has 0 saturated carbocycles. The minimum Gasteiger partial charge on any atom is -0.480 e. The zero-order chi connectivity index (χ0) is 13.4. The van der Waals surface area contributed by atoms with E-state index < -0.39 is 5.97 Å². The zero-order valence-electron chi connectivity index (χ0n) is 11.4. The largest absolute Gasteiger partial charge is 0.480 e. The van der Waals surface area contributed by atoms with Crippen molar-refractivity contribution >= 4 is 5.97 Å². The predicted octanol–water partition coefficient (Wildman–Crippen LogP) is 1.12. The highest BCUT2D eigenvalue weighted by molar-refractivity contribution is 5.68. The number of rotatable bonds is 5. The Balaban J connectivity index is 1.68. The summed E-state index contributed by atoms with van der Waals surface area (Å²) < 4.78 is 11.3. The van der Waals surface area contributed by atoms with Crippen molar-refractivity contribution in [2.75, 3.05) is 26.2 Å². The maximum absolute atomic E-state index is 10.5. The van der Waals surface area contributed by atoms with Gasteiger partial charge >= 0.3 is 5.97 Å². The van der Waals surface area contributed by atoms with Crippen LogP contribution in [0.3, 0.4) is 0 Å². The molecule has 2 rings (SSSR count). The number of aliphatic carboxylic acids is 1. The van der Waals surface area contributed by atoms with Crippen LogP contribution in [0.1, 0.15) is 33.6 Å². The zero-order valence-corrected chi connectivity index (χ0v) is 11.4. The van der Waals surface area contributed by atoms with Gasteiger partial charge < -0.3 is 14.6 Å². The summed E-state index contributed by atoms with van der Waals surface area (Å²) in [6.07, 6.45) is 2.53. The molecule has 2 fully saturated rings. The first kappa shape index (κ1) is 13.8. The molecule has 1 N–H and O–H groups in total. The molecule has 5 heteroatoms. The van der Waals surface area contributed by atoms with Gasteiger partial charge in [0.2, 0.25) is 0 Å². The number of nitrogens with zero attached hydrogens (tertiary/aromatic N) is 1. The van der Waals surface area contributed by atoms with Crippen LogP contribution < -0.4 is 0 Å². The van der Waals surface area contributed by atoms with Crippen LogP contribution in [0.4, 0.5) is 0 Å². The van der Waals surface area contributed by atoms with Crippen LogP contribution in [0.5, 0.6) is 0 Å². The van der Waals surface area contributed by atoms with Gasteiger partial charge in [0.15, 0.2) is 0 Å². The third-order valence-electron chi connectivity index (χ3n) is 3.68. The first-order valence-corrected chi connectivity index (χ1v) is 6.54. The molecule has 0 spiro atoms. The summed E-state index contributed by atoms with van der Waals surface area (Å²) in [4.78, 5) is 12.7. The fraction of sp³-hybridized carbons (Fsp3) is 0.923. The molecule has 0 aromatic carbocycles. The summed E-state index contributed by atoms with van der Waals surface area (Å²) in [6, 6.07) is 0. The quantitative estimate of drug-likeness (QED) is 0.799. The topological polar surface area (TPSA) is 59.0 Å². The second-order valence-electron chi connectivity index (χ2n) is 6.34. The van der Waals surface area contributed by atoms with Crippen molar-refractivity contribution < 1.29 is 19.4 Å². The van der Waals surface area contributed by atoms with Crippen LogP contribution in [-0.4, -0.2) is 59.5 Å². The first-order valence-electron chi connectivity index (χ1n) is 6.54. The van der Waals surface area contributed by atoms with Crippen molar-refractivity contribution in [3.8, 4) is 0 Å². The molecule has 2 heterocycles. The standard InChI is InChI=1S/C13H23NO4/c1-12(2)5-4-10(18-12)6-14-8-13(3,9-14)17-7-11(15)16/h10H,4-9H2,1-3H3,(H,15,16). The number of ether oxygens (including phenoxy) is 2. The lowest BCUT2D eigenvalue weighted by molar-refractivity contribution is -0.168. The van der Waals surface area contributed by atoms with E-state index in [-0.39, 0.29) is 17.8 Å². The van der Waals surface area contributed by atoms with Crippen molar-refractivity contribution in [1.29, 1.82) is 0 Å². The minimum absolute atomic E-state index is 0.0125. The van der Waals surface area contributed by atoms with Crippen LogP contribution in [0.15, 0.2) is 0 Å². The van der Waals surface area contributed by atoms with E-state index in [0.29, 0.717) is 6.10 Å². The van der Waals surface area contributed by atoms with Gasteiger partial charge in [-0.15, -0.1) is 0 Å². The minimum atomic E-state index is -0.907. The fourth-order valence-corrected chi connectivity index (χ4v) is 2.85. The summed E-state index contributed by atoms with van der Waals surface area (Å²) >= 11 is 0. The van der Waals surface area contributed by atoms with E-state index in [9.17, 15) is 4.79 Å². The van der Waals surface area contributed by atoms with Crippen molar-refractivity contribution in [3.05, 3.63) is 0 Å². The smallest absolute Gasteiger partial charge is 0.329 e. The number of likely N-dealkylation sites (tertiary alicyclic amines) is 1. The van der Waals surface area contributed by atoms with Gasteiger partial charge in [-0.3, -0.25) is 4.90 Å². The van der Waals surface area contributed by atoms with E-state index in [0.717, 1.165) is 32.5 Å². The van der Waals surface area contributed by atoms with Gasteiger partial charge in [-0.05, 0) is 33.6 Å². The molecule has 1 atom stereocenters. The Kier molecular flexibility index (Phi) is 3.67. The number of carbonyl (C=O) groups is 1. The fourth-order valence-electron chi connectivity index (χ4n) is 2.85. The SMILES string of the molecule is CC1(C)CCC(CN2CC(C)(OCC(=O)O)C2)O1. The van der Waals surface area contributed by atoms with E-state index in [1.54, 1.807) is 0 Å². The molecular weight excluding hydrogens is 234 g/mol. The number of hydrogen-bond acceptors (Lipinski definition) is 4. The van der Waals surface area contributed by atoms with Crippen LogP contribution in [0, 0.1) is 0 Å². The van der Waals surface area contributed by atoms with E-state index in [4.69, 9.17) is 14.6 Å². The van der Waals surface area contributed by atoms with Crippen LogP contribution in [0.25, 0.3) is 0 Å². The van der Waals surface area contributed by atoms with Crippen molar-refractivity contribution in [2.45, 2.75) is 50.9 Å². The normalized spacial score (nSPS) is 30.1. The second-order valence-corrected chi connectivity index (χ2v) is 6.34. The van der Waals surface area contributed by atoms with E-state index in [1.165, 1.54) is 0 Å². The Bertz CT molecular complexity index is 323. The lowest BCUT2D eigenvalue weighted by Gasteiger charge is -2.48. The molecule has 2 aliphatic rings. The van der Waals surface area contributed by atoms with Crippen molar-refractivity contribution in [3.63, 3.8) is 0 Å². The molecule has 2 aliphatic heterocycles. The van der Waals surface area contributed by atoms with Gasteiger partial charge in [-0.1, -0.05) is 0 Å². The van der Waals surface area contributed by atoms with Crippen LogP contribution >= 0.6 is 0 Å². The molecule has 5 nitrogen and oxygen atoms in total. The lowest BCUT2D eigenvalue weighted by atomic mass is 9.95. The molecule has 0 aromatic rings. The summed E-state index contributed by atoms with van der Waals surface area (Å²) in [6.45, 7) is 8.52. The molecule has 2 saturated heterocycles. The lowest BCUT2D eigenvalue weighted by Crippen LogP contribution is -2.63. The molecular formula is C13H23NO4. The summed E-state index contributed by atoms with van der Waals surface area (Å²) in [5.74, 6) is -0.907. The molecule has 0 amide bonds. The highest BCUT2D eigenvalue weighted by Gasteiger charge is 2.42. The maximum Gasteiger partial charge on any atom is 0.329 e. The van der Waals surface area contributed by atoms with Gasteiger partial charge in [0.1, 0.15) is 6.61 Å². The summed E-state index contributed by atoms with van der Waals surface area (Å²) in [5, 5.41) is 8.59. The average molecular weight is 257 g/mol. The monoisotopic (exact) mass is 257 g/mol. The van der Waals surface area contributed by atoms with Gasteiger partial charge in [0, 0.05) is 19.6 Å². The molecule has 0 bridgehead atoms.